The molecule has 0 heterocycles. The summed E-state index contributed by atoms with van der Waals surface area (Å²) in [5, 5.41) is 12.1. The number of phenols is 1. The van der Waals surface area contributed by atoms with Crippen LogP contribution in [0.25, 0.3) is 0 Å². The minimum atomic E-state index is -2.62. The van der Waals surface area contributed by atoms with Crippen LogP contribution in [0.5, 0.6) is 5.75 Å². The molecule has 1 rings (SSSR count). The second kappa shape index (κ2) is 4.91. The van der Waals surface area contributed by atoms with Gasteiger partial charge in [-0.3, -0.25) is 0 Å². The maximum absolute atomic E-state index is 12.4. The largest absolute Gasteiger partial charge is 0.507 e. The lowest BCUT2D eigenvalue weighted by Gasteiger charge is -2.06. The standard InChI is InChI=1S/C10H13F2NO/c1-13-5-4-7-2-3-9(14)8(6-7)10(11)12/h2-3,6,10,13-14H,4-5H2,1H3. The molecule has 2 nitrogen and oxygen atoms in total. The summed E-state index contributed by atoms with van der Waals surface area (Å²) in [7, 11) is 1.80. The highest BCUT2D eigenvalue weighted by atomic mass is 19.3. The van der Waals surface area contributed by atoms with Crippen LogP contribution >= 0.6 is 0 Å². The van der Waals surface area contributed by atoms with E-state index in [9.17, 15) is 8.78 Å². The SMILES string of the molecule is CNCCc1ccc(O)c(C(F)F)c1. The summed E-state index contributed by atoms with van der Waals surface area (Å²) in [4.78, 5) is 0. The van der Waals surface area contributed by atoms with E-state index >= 15 is 0 Å². The van der Waals surface area contributed by atoms with Gasteiger partial charge >= 0.3 is 0 Å². The molecule has 0 aliphatic carbocycles. The molecule has 14 heavy (non-hydrogen) atoms. The monoisotopic (exact) mass is 201 g/mol. The van der Waals surface area contributed by atoms with Crippen molar-refractivity contribution in [3.05, 3.63) is 29.3 Å². The number of hydrogen-bond donors (Lipinski definition) is 2. The Morgan fingerprint density at radius 1 is 1.43 bits per heavy atom. The third-order valence-corrected chi connectivity index (χ3v) is 1.99. The maximum atomic E-state index is 12.4. The quantitative estimate of drug-likeness (QED) is 0.781. The van der Waals surface area contributed by atoms with Gasteiger partial charge in [0.15, 0.2) is 0 Å². The number of phenolic OH excluding ortho intramolecular Hbond substituents is 1. The van der Waals surface area contributed by atoms with Crippen molar-refractivity contribution >= 4 is 0 Å². The number of likely N-dealkylation sites (N-methyl/N-ethyl adjacent to an activating group) is 1. The van der Waals surface area contributed by atoms with Crippen molar-refractivity contribution in [2.24, 2.45) is 0 Å². The number of aromatic hydroxyl groups is 1. The van der Waals surface area contributed by atoms with Crippen LogP contribution in [-0.2, 0) is 6.42 Å². The molecule has 4 heteroatoms. The minimum absolute atomic E-state index is 0.293. The first-order chi connectivity index (χ1) is 6.65. The molecule has 0 atom stereocenters. The summed E-state index contributed by atoms with van der Waals surface area (Å²) < 4.78 is 24.7. The first kappa shape index (κ1) is 10.9. The van der Waals surface area contributed by atoms with Crippen molar-refractivity contribution in [2.45, 2.75) is 12.8 Å². The Hall–Kier alpha value is -1.16. The Labute approximate surface area is 81.6 Å². The van der Waals surface area contributed by atoms with Crippen LogP contribution in [-0.4, -0.2) is 18.7 Å². The zero-order valence-electron chi connectivity index (χ0n) is 7.93. The topological polar surface area (TPSA) is 32.3 Å². The van der Waals surface area contributed by atoms with Crippen LogP contribution in [0.15, 0.2) is 18.2 Å². The van der Waals surface area contributed by atoms with Gasteiger partial charge in [-0.25, -0.2) is 8.78 Å². The van der Waals surface area contributed by atoms with E-state index < -0.39 is 6.43 Å². The van der Waals surface area contributed by atoms with Crippen LogP contribution in [0, 0.1) is 0 Å². The Morgan fingerprint density at radius 2 is 2.14 bits per heavy atom. The summed E-state index contributed by atoms with van der Waals surface area (Å²) in [6.45, 7) is 0.730. The van der Waals surface area contributed by atoms with Crippen molar-refractivity contribution in [3.8, 4) is 5.75 Å². The van der Waals surface area contributed by atoms with E-state index in [0.717, 1.165) is 12.1 Å². The minimum Gasteiger partial charge on any atom is -0.507 e. The predicted octanol–water partition coefficient (Wildman–Crippen LogP) is 2.09. The molecule has 0 aliphatic heterocycles. The number of benzene rings is 1. The summed E-state index contributed by atoms with van der Waals surface area (Å²) in [6, 6.07) is 4.31. The number of halogens is 2. The number of hydrogen-bond acceptors (Lipinski definition) is 2. The van der Waals surface area contributed by atoms with Crippen LogP contribution in [0.2, 0.25) is 0 Å². The Kier molecular flexibility index (Phi) is 3.83. The fourth-order valence-electron chi connectivity index (χ4n) is 1.20. The van der Waals surface area contributed by atoms with Crippen molar-refractivity contribution in [1.29, 1.82) is 0 Å². The van der Waals surface area contributed by atoms with Gasteiger partial charge in [0.05, 0.1) is 5.56 Å². The van der Waals surface area contributed by atoms with Gasteiger partial charge in [-0.1, -0.05) is 6.07 Å². The van der Waals surface area contributed by atoms with Crippen molar-refractivity contribution in [2.75, 3.05) is 13.6 Å². The number of nitrogens with one attached hydrogen (secondary N) is 1. The molecule has 2 N–H and O–H groups in total. The average Bonchev–Trinajstić information content (AvgIpc) is 2.16. The zero-order chi connectivity index (χ0) is 10.6. The van der Waals surface area contributed by atoms with Crippen LogP contribution in [0.3, 0.4) is 0 Å². The summed E-state index contributed by atoms with van der Waals surface area (Å²) in [5.74, 6) is -0.340. The smallest absolute Gasteiger partial charge is 0.267 e. The Balaban J connectivity index is 2.83. The summed E-state index contributed by atoms with van der Waals surface area (Å²) in [6.07, 6.45) is -1.94. The highest BCUT2D eigenvalue weighted by Crippen LogP contribution is 2.28. The Morgan fingerprint density at radius 3 is 2.71 bits per heavy atom. The van der Waals surface area contributed by atoms with Gasteiger partial charge in [0.2, 0.25) is 0 Å². The third kappa shape index (κ3) is 2.67. The molecule has 0 saturated carbocycles. The first-order valence-corrected chi connectivity index (χ1v) is 4.39. The molecule has 78 valence electrons. The zero-order valence-corrected chi connectivity index (χ0v) is 7.93. The molecule has 0 aliphatic rings. The van der Waals surface area contributed by atoms with Gasteiger partial charge in [0.25, 0.3) is 6.43 Å². The van der Waals surface area contributed by atoms with Gasteiger partial charge in [-0.2, -0.15) is 0 Å². The van der Waals surface area contributed by atoms with Crippen LogP contribution in [0.1, 0.15) is 17.6 Å². The molecule has 0 spiro atoms. The van der Waals surface area contributed by atoms with Crippen LogP contribution in [0.4, 0.5) is 8.78 Å². The fourth-order valence-corrected chi connectivity index (χ4v) is 1.20. The molecular weight excluding hydrogens is 188 g/mol. The molecule has 0 bridgehead atoms. The molecule has 0 saturated heterocycles. The maximum Gasteiger partial charge on any atom is 0.267 e. The Bertz CT molecular complexity index is 302. The number of rotatable bonds is 4. The fraction of sp³-hybridized carbons (Fsp3) is 0.400. The van der Waals surface area contributed by atoms with Gasteiger partial charge < -0.3 is 10.4 Å². The van der Waals surface area contributed by atoms with E-state index in [0.29, 0.717) is 6.42 Å². The van der Waals surface area contributed by atoms with Crippen molar-refractivity contribution in [1.82, 2.24) is 5.32 Å². The molecule has 0 fully saturated rings. The highest BCUT2D eigenvalue weighted by molar-refractivity contribution is 5.37. The van der Waals surface area contributed by atoms with Crippen LogP contribution < -0.4 is 5.32 Å². The molecule has 1 aromatic carbocycles. The molecule has 0 amide bonds. The molecule has 0 aromatic heterocycles. The van der Waals surface area contributed by atoms with E-state index in [1.807, 2.05) is 0 Å². The van der Waals surface area contributed by atoms with Gasteiger partial charge in [0.1, 0.15) is 5.75 Å². The van der Waals surface area contributed by atoms with Gasteiger partial charge in [0, 0.05) is 0 Å². The van der Waals surface area contributed by atoms with E-state index in [4.69, 9.17) is 5.11 Å². The lowest BCUT2D eigenvalue weighted by Crippen LogP contribution is -2.10. The second-order valence-electron chi connectivity index (χ2n) is 3.05. The van der Waals surface area contributed by atoms with Gasteiger partial charge in [-0.05, 0) is 37.7 Å². The van der Waals surface area contributed by atoms with E-state index in [1.165, 1.54) is 12.1 Å². The molecular formula is C10H13F2NO. The molecule has 0 radical (unpaired) electrons. The first-order valence-electron chi connectivity index (χ1n) is 4.39. The predicted molar refractivity (Wildman–Crippen MR) is 50.7 cm³/mol. The number of alkyl halides is 2. The second-order valence-corrected chi connectivity index (χ2v) is 3.05. The summed E-state index contributed by atoms with van der Waals surface area (Å²) >= 11 is 0. The average molecular weight is 201 g/mol. The van der Waals surface area contributed by atoms with Gasteiger partial charge in [-0.15, -0.1) is 0 Å². The molecule has 0 unspecified atom stereocenters. The van der Waals surface area contributed by atoms with Crippen molar-refractivity contribution in [3.63, 3.8) is 0 Å². The summed E-state index contributed by atoms with van der Waals surface area (Å²) in [5.41, 5.74) is 0.506. The highest BCUT2D eigenvalue weighted by Gasteiger charge is 2.12. The lowest BCUT2D eigenvalue weighted by atomic mass is 10.1. The van der Waals surface area contributed by atoms with E-state index in [1.54, 1.807) is 13.1 Å². The molecule has 1 aromatic rings. The van der Waals surface area contributed by atoms with E-state index in [-0.39, 0.29) is 11.3 Å². The van der Waals surface area contributed by atoms with Crippen molar-refractivity contribution < 1.29 is 13.9 Å². The normalized spacial score (nSPS) is 10.9. The lowest BCUT2D eigenvalue weighted by molar-refractivity contribution is 0.147. The third-order valence-electron chi connectivity index (χ3n) is 1.99. The van der Waals surface area contributed by atoms with E-state index in [2.05, 4.69) is 5.32 Å².